The molecule has 1 aliphatic heterocycles. The molecule has 1 aromatic rings. The van der Waals surface area contributed by atoms with Crippen LogP contribution >= 0.6 is 28.6 Å². The van der Waals surface area contributed by atoms with Crippen LogP contribution in [0.15, 0.2) is 16.7 Å². The van der Waals surface area contributed by atoms with Gasteiger partial charge in [-0.2, -0.15) is 12.6 Å². The van der Waals surface area contributed by atoms with Crippen LogP contribution in [0, 0.1) is 0 Å². The molecule has 1 aromatic heterocycles. The molecule has 2 rings (SSSR count). The normalized spacial score (nSPS) is 21.1. The Morgan fingerprint density at radius 2 is 2.33 bits per heavy atom. The Hall–Kier alpha value is -0.750. The van der Waals surface area contributed by atoms with Crippen molar-refractivity contribution in [1.29, 1.82) is 0 Å². The number of halogens is 1. The first kappa shape index (κ1) is 10.8. The molecule has 1 amide bonds. The molecule has 0 aliphatic carbocycles. The van der Waals surface area contributed by atoms with Crippen molar-refractivity contribution < 1.29 is 4.79 Å². The summed E-state index contributed by atoms with van der Waals surface area (Å²) in [7, 11) is 0. The van der Waals surface area contributed by atoms with Crippen molar-refractivity contribution in [3.8, 4) is 0 Å². The summed E-state index contributed by atoms with van der Waals surface area (Å²) in [5, 5.41) is 0.0673. The first-order valence-electron chi connectivity index (χ1n) is 4.48. The third-order valence-corrected chi connectivity index (χ3v) is 3.02. The number of aromatic nitrogens is 1. The van der Waals surface area contributed by atoms with E-state index in [0.717, 1.165) is 0 Å². The van der Waals surface area contributed by atoms with Gasteiger partial charge < -0.3 is 5.73 Å². The fraction of sp³-hybridized carbons (Fsp3) is 0.333. The SMILES string of the molecule is Nc1ccc(Br)nc1N1CC(S)CC1=O. The average Bonchev–Trinajstić information content (AvgIpc) is 2.50. The van der Waals surface area contributed by atoms with E-state index in [1.807, 2.05) is 0 Å². The van der Waals surface area contributed by atoms with Crippen LogP contribution in [0.5, 0.6) is 0 Å². The lowest BCUT2D eigenvalue weighted by Crippen LogP contribution is -2.26. The summed E-state index contributed by atoms with van der Waals surface area (Å²) in [6.45, 7) is 0.565. The zero-order valence-electron chi connectivity index (χ0n) is 7.85. The molecule has 1 aliphatic rings. The van der Waals surface area contributed by atoms with Crippen LogP contribution in [0.4, 0.5) is 11.5 Å². The summed E-state index contributed by atoms with van der Waals surface area (Å²) in [6.07, 6.45) is 0.441. The minimum absolute atomic E-state index is 0.0206. The van der Waals surface area contributed by atoms with Gasteiger partial charge in [0, 0.05) is 18.2 Å². The second-order valence-electron chi connectivity index (χ2n) is 3.41. The molecular weight excluding hydrogens is 278 g/mol. The minimum Gasteiger partial charge on any atom is -0.396 e. The Morgan fingerprint density at radius 1 is 1.60 bits per heavy atom. The molecule has 15 heavy (non-hydrogen) atoms. The molecule has 0 bridgehead atoms. The lowest BCUT2D eigenvalue weighted by molar-refractivity contribution is -0.117. The molecule has 1 fully saturated rings. The minimum atomic E-state index is 0.0206. The van der Waals surface area contributed by atoms with E-state index >= 15 is 0 Å². The molecule has 1 unspecified atom stereocenters. The largest absolute Gasteiger partial charge is 0.396 e. The van der Waals surface area contributed by atoms with Gasteiger partial charge in [-0.1, -0.05) is 0 Å². The van der Waals surface area contributed by atoms with Gasteiger partial charge >= 0.3 is 0 Å². The number of nitrogen functional groups attached to an aromatic ring is 1. The number of nitrogens with zero attached hydrogens (tertiary/aromatic N) is 2. The van der Waals surface area contributed by atoms with Gasteiger partial charge in [0.05, 0.1) is 5.69 Å². The molecular formula is C9H10BrN3OS. The maximum absolute atomic E-state index is 11.6. The Balaban J connectivity index is 2.37. The van der Waals surface area contributed by atoms with Crippen LogP contribution in [0.3, 0.4) is 0 Å². The van der Waals surface area contributed by atoms with Crippen molar-refractivity contribution in [3.63, 3.8) is 0 Å². The van der Waals surface area contributed by atoms with Crippen LogP contribution in [-0.4, -0.2) is 22.7 Å². The zero-order chi connectivity index (χ0) is 11.0. The molecule has 1 saturated heterocycles. The topological polar surface area (TPSA) is 59.2 Å². The Kier molecular flexibility index (Phi) is 2.88. The number of anilines is 2. The number of rotatable bonds is 1. The third kappa shape index (κ3) is 2.10. The highest BCUT2D eigenvalue weighted by atomic mass is 79.9. The summed E-state index contributed by atoms with van der Waals surface area (Å²) >= 11 is 7.53. The van der Waals surface area contributed by atoms with E-state index in [9.17, 15) is 4.79 Å². The molecule has 1 atom stereocenters. The molecule has 2 N–H and O–H groups in total. The predicted molar refractivity (Wildman–Crippen MR) is 66.1 cm³/mol. The van der Waals surface area contributed by atoms with Crippen LogP contribution < -0.4 is 10.6 Å². The van der Waals surface area contributed by atoms with Gasteiger partial charge in [-0.15, -0.1) is 0 Å². The van der Waals surface area contributed by atoms with Crippen molar-refractivity contribution in [2.75, 3.05) is 17.2 Å². The molecule has 4 nitrogen and oxygen atoms in total. The van der Waals surface area contributed by atoms with Crippen molar-refractivity contribution in [2.45, 2.75) is 11.7 Å². The van der Waals surface area contributed by atoms with E-state index in [4.69, 9.17) is 5.73 Å². The molecule has 2 heterocycles. The summed E-state index contributed by atoms with van der Waals surface area (Å²) in [5.74, 6) is 0.540. The highest BCUT2D eigenvalue weighted by Crippen LogP contribution is 2.28. The maximum Gasteiger partial charge on any atom is 0.229 e. The number of nitrogens with two attached hydrogens (primary N) is 1. The molecule has 0 spiro atoms. The van der Waals surface area contributed by atoms with E-state index in [-0.39, 0.29) is 11.2 Å². The van der Waals surface area contributed by atoms with Crippen LogP contribution in [0.1, 0.15) is 6.42 Å². The van der Waals surface area contributed by atoms with Gasteiger partial charge in [0.25, 0.3) is 0 Å². The molecule has 0 radical (unpaired) electrons. The number of carbonyl (C=O) groups excluding carboxylic acids is 1. The van der Waals surface area contributed by atoms with Crippen LogP contribution in [-0.2, 0) is 4.79 Å². The number of pyridine rings is 1. The first-order chi connectivity index (χ1) is 7.08. The lowest BCUT2D eigenvalue weighted by Gasteiger charge is -2.16. The number of amides is 1. The molecule has 6 heteroatoms. The standard InChI is InChI=1S/C9H10BrN3OS/c10-7-2-1-6(11)9(12-7)13-4-5(15)3-8(13)14/h1-2,5,15H,3-4,11H2. The van der Waals surface area contributed by atoms with Crippen molar-refractivity contribution in [3.05, 3.63) is 16.7 Å². The monoisotopic (exact) mass is 287 g/mol. The fourth-order valence-corrected chi connectivity index (χ4v) is 2.17. The quantitative estimate of drug-likeness (QED) is 0.607. The highest BCUT2D eigenvalue weighted by molar-refractivity contribution is 9.10. The number of hydrogen-bond donors (Lipinski definition) is 2. The predicted octanol–water partition coefficient (Wildman–Crippen LogP) is 1.46. The molecule has 0 saturated carbocycles. The van der Waals surface area contributed by atoms with Gasteiger partial charge in [0.15, 0.2) is 5.82 Å². The van der Waals surface area contributed by atoms with E-state index in [1.165, 1.54) is 0 Å². The van der Waals surface area contributed by atoms with E-state index < -0.39 is 0 Å². The summed E-state index contributed by atoms with van der Waals surface area (Å²) < 4.78 is 0.669. The van der Waals surface area contributed by atoms with Gasteiger partial charge in [0.1, 0.15) is 4.60 Å². The van der Waals surface area contributed by atoms with Crippen LogP contribution in [0.2, 0.25) is 0 Å². The maximum atomic E-state index is 11.6. The second-order valence-corrected chi connectivity index (χ2v) is 4.95. The third-order valence-electron chi connectivity index (χ3n) is 2.23. The summed E-state index contributed by atoms with van der Waals surface area (Å²) in [6, 6.07) is 3.48. The summed E-state index contributed by atoms with van der Waals surface area (Å²) in [4.78, 5) is 17.4. The van der Waals surface area contributed by atoms with Gasteiger partial charge in [-0.05, 0) is 28.1 Å². The molecule has 80 valence electrons. The smallest absolute Gasteiger partial charge is 0.229 e. The summed E-state index contributed by atoms with van der Waals surface area (Å²) in [5.41, 5.74) is 6.28. The van der Waals surface area contributed by atoms with Crippen molar-refractivity contribution in [1.82, 2.24) is 4.98 Å². The van der Waals surface area contributed by atoms with E-state index in [2.05, 4.69) is 33.5 Å². The number of hydrogen-bond acceptors (Lipinski definition) is 4. The van der Waals surface area contributed by atoms with Gasteiger partial charge in [0.2, 0.25) is 5.91 Å². The lowest BCUT2D eigenvalue weighted by atomic mass is 10.3. The Bertz CT molecular complexity index is 412. The number of carbonyl (C=O) groups is 1. The van der Waals surface area contributed by atoms with E-state index in [0.29, 0.717) is 29.1 Å². The second kappa shape index (κ2) is 4.02. The van der Waals surface area contributed by atoms with Crippen molar-refractivity contribution >= 4 is 46.0 Å². The Labute approximate surface area is 101 Å². The number of thiol groups is 1. The first-order valence-corrected chi connectivity index (χ1v) is 5.79. The Morgan fingerprint density at radius 3 is 2.93 bits per heavy atom. The van der Waals surface area contributed by atoms with Gasteiger partial charge in [-0.25, -0.2) is 4.98 Å². The van der Waals surface area contributed by atoms with Crippen LogP contribution in [0.25, 0.3) is 0 Å². The van der Waals surface area contributed by atoms with Gasteiger partial charge in [-0.3, -0.25) is 9.69 Å². The molecule has 0 aromatic carbocycles. The van der Waals surface area contributed by atoms with Crippen molar-refractivity contribution in [2.24, 2.45) is 0 Å². The zero-order valence-corrected chi connectivity index (χ0v) is 10.3. The highest BCUT2D eigenvalue weighted by Gasteiger charge is 2.30. The average molecular weight is 288 g/mol. The van der Waals surface area contributed by atoms with E-state index in [1.54, 1.807) is 17.0 Å². The fourth-order valence-electron chi connectivity index (χ4n) is 1.55.